The summed E-state index contributed by atoms with van der Waals surface area (Å²) in [5.74, 6) is 0.764. The molecule has 0 spiro atoms. The molecule has 0 radical (unpaired) electrons. The molecule has 2 aliphatic rings. The molecule has 2 heterocycles. The van der Waals surface area contributed by atoms with Crippen molar-refractivity contribution < 1.29 is 9.18 Å². The first-order chi connectivity index (χ1) is 15.5. The van der Waals surface area contributed by atoms with Crippen LogP contribution in [-0.2, 0) is 12.8 Å². The van der Waals surface area contributed by atoms with Crippen LogP contribution in [0.2, 0.25) is 0 Å². The summed E-state index contributed by atoms with van der Waals surface area (Å²) in [6.45, 7) is 10.7. The molecule has 1 aromatic rings. The Morgan fingerprint density at radius 3 is 2.78 bits per heavy atom. The van der Waals surface area contributed by atoms with E-state index in [4.69, 9.17) is 0 Å². The second-order valence-electron chi connectivity index (χ2n) is 9.29. The molecule has 3 nitrogen and oxygen atoms in total. The molecule has 0 amide bonds. The van der Waals surface area contributed by atoms with E-state index in [1.165, 1.54) is 42.5 Å². The Morgan fingerprint density at radius 1 is 1.19 bits per heavy atom. The Kier molecular flexibility index (Phi) is 9.89. The number of aryl methyl sites for hydroxylation is 1. The Hall–Kier alpha value is -2.04. The number of piperidine rings is 1. The number of benzene rings is 1. The molecule has 0 aliphatic carbocycles. The van der Waals surface area contributed by atoms with Crippen molar-refractivity contribution >= 4 is 5.78 Å². The highest BCUT2D eigenvalue weighted by atomic mass is 19.1. The summed E-state index contributed by atoms with van der Waals surface area (Å²) >= 11 is 0. The Labute approximate surface area is 193 Å². The second kappa shape index (κ2) is 12.9. The van der Waals surface area contributed by atoms with Crippen LogP contribution in [0.1, 0.15) is 66.9 Å². The molecule has 4 heteroatoms. The first-order valence-corrected chi connectivity index (χ1v) is 12.3. The molecule has 1 aromatic carbocycles. The van der Waals surface area contributed by atoms with Gasteiger partial charge >= 0.3 is 0 Å². The van der Waals surface area contributed by atoms with Crippen LogP contribution >= 0.6 is 0 Å². The largest absolute Gasteiger partial charge is 0.316 e. The predicted molar refractivity (Wildman–Crippen MR) is 132 cm³/mol. The van der Waals surface area contributed by atoms with Gasteiger partial charge in [0.2, 0.25) is 0 Å². The highest BCUT2D eigenvalue weighted by molar-refractivity contribution is 5.96. The fraction of sp³-hybridized carbons (Fsp3) is 0.536. The zero-order chi connectivity index (χ0) is 22.8. The third-order valence-corrected chi connectivity index (χ3v) is 6.80. The van der Waals surface area contributed by atoms with Crippen molar-refractivity contribution in [3.05, 3.63) is 71.1 Å². The molecule has 0 atom stereocenters. The predicted octanol–water partition coefficient (Wildman–Crippen LogP) is 5.82. The number of hydrogen-bond acceptors (Lipinski definition) is 3. The van der Waals surface area contributed by atoms with Crippen molar-refractivity contribution in [3.8, 4) is 0 Å². The van der Waals surface area contributed by atoms with E-state index in [2.05, 4.69) is 28.9 Å². The van der Waals surface area contributed by atoms with Gasteiger partial charge < -0.3 is 5.32 Å². The molecule has 0 aromatic heterocycles. The summed E-state index contributed by atoms with van der Waals surface area (Å²) in [5.41, 5.74) is 4.60. The van der Waals surface area contributed by atoms with E-state index in [-0.39, 0.29) is 11.6 Å². The molecule has 3 rings (SSSR count). The van der Waals surface area contributed by atoms with Crippen molar-refractivity contribution in [3.63, 3.8) is 0 Å². The van der Waals surface area contributed by atoms with Crippen LogP contribution in [0.25, 0.3) is 0 Å². The van der Waals surface area contributed by atoms with Gasteiger partial charge in [-0.15, -0.1) is 0 Å². The van der Waals surface area contributed by atoms with Crippen LogP contribution in [0.4, 0.5) is 4.39 Å². The van der Waals surface area contributed by atoms with Crippen molar-refractivity contribution in [2.45, 2.75) is 58.3 Å². The fourth-order valence-corrected chi connectivity index (χ4v) is 4.79. The number of halogens is 1. The van der Waals surface area contributed by atoms with Gasteiger partial charge in [-0.2, -0.15) is 0 Å². The maximum atomic E-state index is 13.2. The number of fused-ring (bicyclic) bond motifs is 1. The van der Waals surface area contributed by atoms with Crippen molar-refractivity contribution in [1.29, 1.82) is 0 Å². The van der Waals surface area contributed by atoms with E-state index in [0.717, 1.165) is 69.5 Å². The lowest BCUT2D eigenvalue weighted by atomic mass is 9.90. The Morgan fingerprint density at radius 2 is 2.00 bits per heavy atom. The summed E-state index contributed by atoms with van der Waals surface area (Å²) < 4.78 is 13.2. The average molecular weight is 439 g/mol. The van der Waals surface area contributed by atoms with Gasteiger partial charge in [-0.1, -0.05) is 30.9 Å². The van der Waals surface area contributed by atoms with Crippen LogP contribution in [0.15, 0.2) is 54.4 Å². The van der Waals surface area contributed by atoms with E-state index in [0.29, 0.717) is 12.3 Å². The summed E-state index contributed by atoms with van der Waals surface area (Å²) in [7, 11) is 0. The zero-order valence-corrected chi connectivity index (χ0v) is 19.7. The molecule has 0 unspecified atom stereocenters. The molecule has 1 fully saturated rings. The normalized spacial score (nSPS) is 18.9. The molecular formula is C28H39FN2O. The quantitative estimate of drug-likeness (QED) is 0.390. The zero-order valence-electron chi connectivity index (χ0n) is 19.7. The number of carbonyl (C=O) groups excluding carboxylic acids is 1. The number of nitrogens with zero attached hydrogens (tertiary/aromatic N) is 1. The van der Waals surface area contributed by atoms with Gasteiger partial charge in [0.25, 0.3) is 0 Å². The maximum Gasteiger partial charge on any atom is 0.162 e. The maximum absolute atomic E-state index is 13.2. The minimum absolute atomic E-state index is 0.224. The molecule has 0 saturated carbocycles. The standard InChI is InChI=1S/C28H39FN2O/c1-3-27(29)12-9-22(2)21-31-18-14-23(15-19-31)6-4-8-28(32)26-11-10-24-7-5-16-30-17-13-25(24)20-26/h3,9-12,20,23,30H,2,4-8,13-19,21H2,1H3/b12-9-,27-3+. The molecular weight excluding hydrogens is 399 g/mol. The van der Waals surface area contributed by atoms with Crippen molar-refractivity contribution in [2.24, 2.45) is 5.92 Å². The Balaban J connectivity index is 1.37. The fourth-order valence-electron chi connectivity index (χ4n) is 4.79. The average Bonchev–Trinajstić information content (AvgIpc) is 2.78. The van der Waals surface area contributed by atoms with E-state index < -0.39 is 0 Å². The summed E-state index contributed by atoms with van der Waals surface area (Å²) in [5, 5.41) is 3.46. The first kappa shape index (κ1) is 24.6. The minimum atomic E-state index is -0.224. The van der Waals surface area contributed by atoms with Gasteiger partial charge in [0, 0.05) is 18.5 Å². The van der Waals surface area contributed by atoms with Gasteiger partial charge in [0.05, 0.1) is 0 Å². The van der Waals surface area contributed by atoms with Gasteiger partial charge in [-0.25, -0.2) is 4.39 Å². The summed E-state index contributed by atoms with van der Waals surface area (Å²) in [6.07, 6.45) is 13.1. The lowest BCUT2D eigenvalue weighted by Gasteiger charge is -2.32. The van der Waals surface area contributed by atoms with Crippen LogP contribution in [0.5, 0.6) is 0 Å². The lowest BCUT2D eigenvalue weighted by Crippen LogP contribution is -2.34. The topological polar surface area (TPSA) is 32.3 Å². The highest BCUT2D eigenvalue weighted by Crippen LogP contribution is 2.24. The van der Waals surface area contributed by atoms with E-state index in [1.54, 1.807) is 13.0 Å². The number of likely N-dealkylation sites (tertiary alicyclic amines) is 1. The number of ketones is 1. The molecule has 1 saturated heterocycles. The van der Waals surface area contributed by atoms with Gasteiger partial charge in [0.1, 0.15) is 5.83 Å². The van der Waals surface area contributed by atoms with Crippen LogP contribution in [0, 0.1) is 5.92 Å². The first-order valence-electron chi connectivity index (χ1n) is 12.3. The number of nitrogens with one attached hydrogen (secondary N) is 1. The van der Waals surface area contributed by atoms with Gasteiger partial charge in [-0.3, -0.25) is 9.69 Å². The number of rotatable bonds is 9. The summed E-state index contributed by atoms with van der Waals surface area (Å²) in [4.78, 5) is 15.2. The molecule has 32 heavy (non-hydrogen) atoms. The van der Waals surface area contributed by atoms with Crippen LogP contribution < -0.4 is 5.32 Å². The smallest absolute Gasteiger partial charge is 0.162 e. The minimum Gasteiger partial charge on any atom is -0.316 e. The number of allylic oxidation sites excluding steroid dienone is 3. The molecule has 2 aliphatic heterocycles. The third kappa shape index (κ3) is 7.83. The van der Waals surface area contributed by atoms with Gasteiger partial charge in [-0.05, 0) is 113 Å². The molecule has 0 bridgehead atoms. The SMILES string of the molecule is C=C(/C=C\C(F)=C/C)CN1CCC(CCCC(=O)c2ccc3c(c2)CCNCCC3)CC1. The van der Waals surface area contributed by atoms with Crippen molar-refractivity contribution in [1.82, 2.24) is 10.2 Å². The number of carbonyl (C=O) groups is 1. The molecule has 174 valence electrons. The van der Waals surface area contributed by atoms with Crippen molar-refractivity contribution in [2.75, 3.05) is 32.7 Å². The number of hydrogen-bond donors (Lipinski definition) is 1. The Bertz CT molecular complexity index is 834. The monoisotopic (exact) mass is 438 g/mol. The second-order valence-corrected chi connectivity index (χ2v) is 9.29. The van der Waals surface area contributed by atoms with Crippen LogP contribution in [0.3, 0.4) is 0 Å². The van der Waals surface area contributed by atoms with E-state index >= 15 is 0 Å². The summed E-state index contributed by atoms with van der Waals surface area (Å²) in [6, 6.07) is 6.37. The van der Waals surface area contributed by atoms with E-state index in [9.17, 15) is 9.18 Å². The number of Topliss-reactive ketones (excluding diaryl/α,β-unsaturated/α-hetero) is 1. The highest BCUT2D eigenvalue weighted by Gasteiger charge is 2.19. The van der Waals surface area contributed by atoms with E-state index in [1.807, 2.05) is 6.07 Å². The lowest BCUT2D eigenvalue weighted by molar-refractivity contribution is 0.0974. The third-order valence-electron chi connectivity index (χ3n) is 6.80. The van der Waals surface area contributed by atoms with Crippen LogP contribution in [-0.4, -0.2) is 43.4 Å². The molecule has 1 N–H and O–H groups in total. The van der Waals surface area contributed by atoms with Gasteiger partial charge in [0.15, 0.2) is 5.78 Å².